The summed E-state index contributed by atoms with van der Waals surface area (Å²) >= 11 is 5.38. The van der Waals surface area contributed by atoms with Gasteiger partial charge in [0.15, 0.2) is 5.11 Å². The number of carbonyl (C=O) groups is 2. The van der Waals surface area contributed by atoms with Crippen LogP contribution in [0.5, 0.6) is 0 Å². The fourth-order valence-electron chi connectivity index (χ4n) is 5.53. The lowest BCUT2D eigenvalue weighted by Crippen LogP contribution is -2.54. The van der Waals surface area contributed by atoms with Gasteiger partial charge < -0.3 is 4.90 Å². The number of benzene rings is 2. The van der Waals surface area contributed by atoms with Crippen LogP contribution in [0.3, 0.4) is 0 Å². The number of anilines is 2. The number of hydrogen-bond acceptors (Lipinski definition) is 4. The molecule has 2 aliphatic rings. The van der Waals surface area contributed by atoms with Crippen LogP contribution in [0.15, 0.2) is 35.9 Å². The van der Waals surface area contributed by atoms with Gasteiger partial charge in [0, 0.05) is 17.8 Å². The predicted molar refractivity (Wildman–Crippen MR) is 143 cm³/mol. The SMILES string of the molecule is CCN1c2cc(C)c(/C=C3/C(=O)NC(=S)N(c4cc(C)cc(C)c4)C3=O)cc2C(C)CC1(C)C. The molecular formula is C28H33N3O2S. The summed E-state index contributed by atoms with van der Waals surface area (Å²) in [5, 5.41) is 2.81. The number of hydrogen-bond donors (Lipinski definition) is 1. The van der Waals surface area contributed by atoms with Crippen molar-refractivity contribution in [2.75, 3.05) is 16.3 Å². The monoisotopic (exact) mass is 475 g/mol. The van der Waals surface area contributed by atoms with Crippen LogP contribution in [0.2, 0.25) is 0 Å². The molecular weight excluding hydrogens is 442 g/mol. The summed E-state index contributed by atoms with van der Waals surface area (Å²) in [6.07, 6.45) is 2.76. The summed E-state index contributed by atoms with van der Waals surface area (Å²) in [4.78, 5) is 30.2. The Labute approximate surface area is 207 Å². The Kier molecular flexibility index (Phi) is 6.15. The lowest BCUT2D eigenvalue weighted by molar-refractivity contribution is -0.122. The lowest BCUT2D eigenvalue weighted by Gasteiger charge is -2.47. The van der Waals surface area contributed by atoms with Crippen LogP contribution >= 0.6 is 12.2 Å². The smallest absolute Gasteiger partial charge is 0.270 e. The first-order valence-corrected chi connectivity index (χ1v) is 12.3. The molecule has 2 heterocycles. The first-order chi connectivity index (χ1) is 15.9. The first-order valence-electron chi connectivity index (χ1n) is 11.8. The maximum absolute atomic E-state index is 13.5. The number of thiocarbonyl (C=S) groups is 1. The van der Waals surface area contributed by atoms with Crippen LogP contribution < -0.4 is 15.1 Å². The van der Waals surface area contributed by atoms with Crippen molar-refractivity contribution in [1.82, 2.24) is 5.32 Å². The van der Waals surface area contributed by atoms with Gasteiger partial charge >= 0.3 is 0 Å². The van der Waals surface area contributed by atoms with E-state index in [4.69, 9.17) is 12.2 Å². The molecule has 1 atom stereocenters. The van der Waals surface area contributed by atoms with Gasteiger partial charge in [-0.25, -0.2) is 0 Å². The van der Waals surface area contributed by atoms with Crippen LogP contribution in [-0.4, -0.2) is 29.0 Å². The number of fused-ring (bicyclic) bond motifs is 1. The lowest BCUT2D eigenvalue weighted by atomic mass is 9.79. The van der Waals surface area contributed by atoms with Gasteiger partial charge in [-0.2, -0.15) is 0 Å². The zero-order valence-corrected chi connectivity index (χ0v) is 21.9. The summed E-state index contributed by atoms with van der Waals surface area (Å²) in [5.74, 6) is -0.488. The van der Waals surface area contributed by atoms with Gasteiger partial charge in [0.2, 0.25) is 0 Å². The Morgan fingerprint density at radius 3 is 2.35 bits per heavy atom. The van der Waals surface area contributed by atoms with Gasteiger partial charge in [-0.3, -0.25) is 19.8 Å². The normalized spacial score (nSPS) is 21.1. The van der Waals surface area contributed by atoms with Gasteiger partial charge in [-0.05, 0) is 124 Å². The molecule has 1 saturated heterocycles. The maximum Gasteiger partial charge on any atom is 0.270 e. The van der Waals surface area contributed by atoms with Crippen molar-refractivity contribution in [3.8, 4) is 0 Å². The summed E-state index contributed by atoms with van der Waals surface area (Å²) in [7, 11) is 0. The van der Waals surface area contributed by atoms with Crippen LogP contribution in [0.4, 0.5) is 11.4 Å². The highest BCUT2D eigenvalue weighted by Crippen LogP contribution is 2.44. The fraction of sp³-hybridized carbons (Fsp3) is 0.393. The quantitative estimate of drug-likeness (QED) is 0.359. The molecule has 1 fully saturated rings. The molecule has 5 nitrogen and oxygen atoms in total. The van der Waals surface area contributed by atoms with Crippen molar-refractivity contribution in [2.24, 2.45) is 0 Å². The zero-order valence-electron chi connectivity index (χ0n) is 21.1. The number of nitrogens with zero attached hydrogens (tertiary/aromatic N) is 2. The standard InChI is InChI=1S/C28H33N3O2S/c1-8-30-24-12-18(4)20(13-22(24)19(5)15-28(30,6)7)14-23-25(32)29-27(34)31(26(23)33)21-10-16(2)9-17(3)11-21/h9-14,19H,8,15H2,1-7H3,(H,29,32,34)/b23-14-. The minimum Gasteiger partial charge on any atom is -0.366 e. The largest absolute Gasteiger partial charge is 0.366 e. The van der Waals surface area contributed by atoms with E-state index >= 15 is 0 Å². The van der Waals surface area contributed by atoms with Crippen molar-refractivity contribution in [1.29, 1.82) is 0 Å². The van der Waals surface area contributed by atoms with Crippen molar-refractivity contribution >= 4 is 46.6 Å². The average Bonchev–Trinajstić information content (AvgIpc) is 2.70. The van der Waals surface area contributed by atoms with E-state index in [1.165, 1.54) is 16.2 Å². The third-order valence-corrected chi connectivity index (χ3v) is 7.24. The van der Waals surface area contributed by atoms with Crippen LogP contribution in [0, 0.1) is 20.8 Å². The van der Waals surface area contributed by atoms with E-state index in [1.54, 1.807) is 6.08 Å². The first kappa shape index (κ1) is 24.1. The van der Waals surface area contributed by atoms with E-state index in [0.717, 1.165) is 35.2 Å². The molecule has 2 aromatic carbocycles. The highest BCUT2D eigenvalue weighted by molar-refractivity contribution is 7.80. The number of rotatable bonds is 3. The molecule has 178 valence electrons. The predicted octanol–water partition coefficient (Wildman–Crippen LogP) is 5.56. The van der Waals surface area contributed by atoms with E-state index in [1.807, 2.05) is 39.0 Å². The molecule has 0 bridgehead atoms. The number of nitrogens with one attached hydrogen (secondary N) is 1. The Balaban J connectivity index is 1.79. The summed E-state index contributed by atoms with van der Waals surface area (Å²) < 4.78 is 0. The minimum absolute atomic E-state index is 0.0783. The van der Waals surface area contributed by atoms with Crippen LogP contribution in [0.25, 0.3) is 6.08 Å². The number of amides is 2. The minimum atomic E-state index is -0.461. The van der Waals surface area contributed by atoms with Crippen LogP contribution in [-0.2, 0) is 9.59 Å². The van der Waals surface area contributed by atoms with Crippen molar-refractivity contribution in [3.63, 3.8) is 0 Å². The highest BCUT2D eigenvalue weighted by atomic mass is 32.1. The second-order valence-corrected chi connectivity index (χ2v) is 10.6. The molecule has 0 radical (unpaired) electrons. The highest BCUT2D eigenvalue weighted by Gasteiger charge is 2.37. The van der Waals surface area contributed by atoms with Gasteiger partial charge in [0.05, 0.1) is 5.69 Å². The second kappa shape index (κ2) is 8.66. The number of carbonyl (C=O) groups excluding carboxylic acids is 2. The third-order valence-electron chi connectivity index (χ3n) is 6.96. The Bertz CT molecular complexity index is 1220. The van der Waals surface area contributed by atoms with Crippen molar-refractivity contribution in [2.45, 2.75) is 66.3 Å². The Morgan fingerprint density at radius 2 is 1.74 bits per heavy atom. The van der Waals surface area contributed by atoms with E-state index in [0.29, 0.717) is 11.6 Å². The third kappa shape index (κ3) is 4.16. The van der Waals surface area contributed by atoms with Gasteiger partial charge in [-0.15, -0.1) is 0 Å². The van der Waals surface area contributed by atoms with E-state index < -0.39 is 11.8 Å². The number of aryl methyl sites for hydroxylation is 3. The molecule has 2 aromatic rings. The fourth-order valence-corrected chi connectivity index (χ4v) is 5.81. The molecule has 4 rings (SSSR count). The summed E-state index contributed by atoms with van der Waals surface area (Å²) in [6.45, 7) is 15.9. The zero-order chi connectivity index (χ0) is 24.9. The molecule has 2 amide bonds. The summed E-state index contributed by atoms with van der Waals surface area (Å²) in [5.41, 5.74) is 7.28. The van der Waals surface area contributed by atoms with Crippen molar-refractivity contribution in [3.05, 3.63) is 63.7 Å². The Morgan fingerprint density at radius 1 is 1.09 bits per heavy atom. The molecule has 0 spiro atoms. The second-order valence-electron chi connectivity index (χ2n) is 10.2. The topological polar surface area (TPSA) is 52.7 Å². The molecule has 2 aliphatic heterocycles. The molecule has 6 heteroatoms. The van der Waals surface area contributed by atoms with Crippen molar-refractivity contribution < 1.29 is 9.59 Å². The molecule has 0 aliphatic carbocycles. The molecule has 0 saturated carbocycles. The van der Waals surface area contributed by atoms with Gasteiger partial charge in [-0.1, -0.05) is 13.0 Å². The Hall–Kier alpha value is -2.99. The van der Waals surface area contributed by atoms with E-state index in [9.17, 15) is 9.59 Å². The van der Waals surface area contributed by atoms with E-state index in [2.05, 4.69) is 50.0 Å². The average molecular weight is 476 g/mol. The summed E-state index contributed by atoms with van der Waals surface area (Å²) in [6, 6.07) is 10.2. The molecule has 1 unspecified atom stereocenters. The van der Waals surface area contributed by atoms with Gasteiger partial charge in [0.25, 0.3) is 11.8 Å². The molecule has 34 heavy (non-hydrogen) atoms. The molecule has 0 aromatic heterocycles. The molecule has 1 N–H and O–H groups in total. The van der Waals surface area contributed by atoms with Gasteiger partial charge in [0.1, 0.15) is 5.57 Å². The van der Waals surface area contributed by atoms with Crippen LogP contribution in [0.1, 0.15) is 67.9 Å². The maximum atomic E-state index is 13.5. The van der Waals surface area contributed by atoms with E-state index in [-0.39, 0.29) is 16.2 Å².